The van der Waals surface area contributed by atoms with Gasteiger partial charge in [-0.1, -0.05) is 30.3 Å². The molecule has 0 radical (unpaired) electrons. The number of hydrogen-bond donors (Lipinski definition) is 2. The molecule has 1 aromatic heterocycles. The van der Waals surface area contributed by atoms with E-state index in [2.05, 4.69) is 45.9 Å². The smallest absolute Gasteiger partial charge is 0.227 e. The molecule has 1 aromatic carbocycles. The van der Waals surface area contributed by atoms with Gasteiger partial charge in [-0.05, 0) is 30.7 Å². The molecule has 2 aromatic rings. The number of fused-ring (bicyclic) bond motifs is 1. The van der Waals surface area contributed by atoms with Crippen molar-refractivity contribution in [3.63, 3.8) is 0 Å². The Morgan fingerprint density at radius 2 is 2.20 bits per heavy atom. The van der Waals surface area contributed by atoms with Gasteiger partial charge in [0.25, 0.3) is 0 Å². The molecule has 2 N–H and O–H groups in total. The van der Waals surface area contributed by atoms with Crippen molar-refractivity contribution in [2.24, 2.45) is 0 Å². The van der Waals surface area contributed by atoms with E-state index in [-0.39, 0.29) is 11.9 Å². The van der Waals surface area contributed by atoms with Crippen molar-refractivity contribution in [3.8, 4) is 0 Å². The summed E-state index contributed by atoms with van der Waals surface area (Å²) < 4.78 is 0. The van der Waals surface area contributed by atoms with Gasteiger partial charge in [0, 0.05) is 35.4 Å². The van der Waals surface area contributed by atoms with E-state index in [4.69, 9.17) is 0 Å². The van der Waals surface area contributed by atoms with E-state index in [1.54, 1.807) is 11.3 Å². The lowest BCUT2D eigenvalue weighted by molar-refractivity contribution is -0.116. The Bertz CT molecular complexity index is 726. The minimum Gasteiger partial charge on any atom is -0.312 e. The van der Waals surface area contributed by atoms with Gasteiger partial charge in [-0.15, -0.1) is 11.3 Å². The zero-order valence-electron chi connectivity index (χ0n) is 14.2. The van der Waals surface area contributed by atoms with Gasteiger partial charge in [0.2, 0.25) is 5.91 Å². The zero-order valence-corrected chi connectivity index (χ0v) is 15.8. The van der Waals surface area contributed by atoms with Gasteiger partial charge in [-0.2, -0.15) is 11.8 Å². The molecular formula is C19H23N3OS2. The number of nitrogens with zero attached hydrogens (tertiary/aromatic N) is 1. The Balaban J connectivity index is 1.37. The number of benzene rings is 1. The second-order valence-corrected chi connectivity index (χ2v) is 8.95. The number of anilines is 1. The van der Waals surface area contributed by atoms with Crippen LogP contribution in [-0.2, 0) is 17.6 Å². The molecule has 0 spiro atoms. The zero-order chi connectivity index (χ0) is 17.1. The van der Waals surface area contributed by atoms with E-state index in [9.17, 15) is 4.79 Å². The van der Waals surface area contributed by atoms with Crippen molar-refractivity contribution in [2.75, 3.05) is 23.4 Å². The summed E-state index contributed by atoms with van der Waals surface area (Å²) >= 11 is 3.57. The van der Waals surface area contributed by atoms with Crippen molar-refractivity contribution in [2.45, 2.75) is 37.6 Å². The highest BCUT2D eigenvalue weighted by atomic mass is 32.2. The Morgan fingerprint density at radius 3 is 3.00 bits per heavy atom. The largest absolute Gasteiger partial charge is 0.312 e. The van der Waals surface area contributed by atoms with Crippen LogP contribution in [-0.4, -0.2) is 35.0 Å². The van der Waals surface area contributed by atoms with Crippen LogP contribution < -0.4 is 10.6 Å². The highest BCUT2D eigenvalue weighted by Gasteiger charge is 2.24. The number of rotatable bonds is 4. The van der Waals surface area contributed by atoms with Crippen LogP contribution >= 0.6 is 23.1 Å². The monoisotopic (exact) mass is 373 g/mol. The maximum absolute atomic E-state index is 12.3. The minimum atomic E-state index is 0.0747. The maximum atomic E-state index is 12.3. The van der Waals surface area contributed by atoms with Crippen molar-refractivity contribution in [3.05, 3.63) is 46.5 Å². The molecule has 6 heteroatoms. The first-order valence-corrected chi connectivity index (χ1v) is 10.9. The summed E-state index contributed by atoms with van der Waals surface area (Å²) in [6.45, 7) is 0.995. The molecule has 4 rings (SSSR count). The van der Waals surface area contributed by atoms with Crippen LogP contribution in [0.25, 0.3) is 0 Å². The lowest BCUT2D eigenvalue weighted by atomic mass is 9.85. The second-order valence-electron chi connectivity index (χ2n) is 6.72. The van der Waals surface area contributed by atoms with Crippen molar-refractivity contribution >= 4 is 34.1 Å². The average Bonchev–Trinajstić information content (AvgIpc) is 3.04. The lowest BCUT2D eigenvalue weighted by Gasteiger charge is -2.22. The average molecular weight is 374 g/mol. The van der Waals surface area contributed by atoms with Crippen molar-refractivity contribution in [1.82, 2.24) is 10.3 Å². The summed E-state index contributed by atoms with van der Waals surface area (Å²) in [5.41, 5.74) is 2.59. The summed E-state index contributed by atoms with van der Waals surface area (Å²) in [7, 11) is 0. The van der Waals surface area contributed by atoms with E-state index < -0.39 is 0 Å². The molecule has 25 heavy (non-hydrogen) atoms. The SMILES string of the molecule is O=C(CC1CSCCN1)Nc1nc2c(s1)CC(c1ccccc1)CC2. The first-order valence-electron chi connectivity index (χ1n) is 8.92. The number of aromatic nitrogens is 1. The van der Waals surface area contributed by atoms with Gasteiger partial charge < -0.3 is 10.6 Å². The number of thiazole rings is 1. The fraction of sp³-hybridized carbons (Fsp3) is 0.474. The lowest BCUT2D eigenvalue weighted by Crippen LogP contribution is -2.39. The fourth-order valence-corrected chi connectivity index (χ4v) is 5.64. The van der Waals surface area contributed by atoms with Gasteiger partial charge in [0.1, 0.15) is 0 Å². The number of amides is 1. The number of carbonyl (C=O) groups is 1. The van der Waals surface area contributed by atoms with Crippen LogP contribution in [0.5, 0.6) is 0 Å². The van der Waals surface area contributed by atoms with Crippen LogP contribution in [0.1, 0.15) is 34.9 Å². The third-order valence-corrected chi connectivity index (χ3v) is 7.05. The van der Waals surface area contributed by atoms with Gasteiger partial charge >= 0.3 is 0 Å². The Hall–Kier alpha value is -1.37. The summed E-state index contributed by atoms with van der Waals surface area (Å²) in [4.78, 5) is 18.3. The molecule has 2 atom stereocenters. The number of hydrogen-bond acceptors (Lipinski definition) is 5. The normalized spacial score (nSPS) is 23.0. The fourth-order valence-electron chi connectivity index (χ4n) is 3.58. The van der Waals surface area contributed by atoms with E-state index >= 15 is 0 Å². The molecule has 1 aliphatic carbocycles. The first kappa shape index (κ1) is 17.1. The quantitative estimate of drug-likeness (QED) is 0.862. The molecule has 1 saturated heterocycles. The van der Waals surface area contributed by atoms with Crippen LogP contribution in [0.3, 0.4) is 0 Å². The number of thioether (sulfide) groups is 1. The topological polar surface area (TPSA) is 54.0 Å². The standard InChI is InChI=1S/C19H23N3OS2/c23-18(11-15-12-24-9-8-20-15)22-19-21-16-7-6-14(10-17(16)25-19)13-4-2-1-3-5-13/h1-5,14-15,20H,6-12H2,(H,21,22,23). The van der Waals surface area contributed by atoms with E-state index in [1.165, 1.54) is 16.1 Å². The Kier molecular flexibility index (Phi) is 5.39. The maximum Gasteiger partial charge on any atom is 0.227 e. The Morgan fingerprint density at radius 1 is 1.32 bits per heavy atom. The first-order chi connectivity index (χ1) is 12.3. The van der Waals surface area contributed by atoms with Crippen LogP contribution in [0, 0.1) is 0 Å². The number of nitrogens with one attached hydrogen (secondary N) is 2. The predicted molar refractivity (Wildman–Crippen MR) is 106 cm³/mol. The van der Waals surface area contributed by atoms with Gasteiger partial charge in [0.15, 0.2) is 5.13 Å². The van der Waals surface area contributed by atoms with Crippen molar-refractivity contribution in [1.29, 1.82) is 0 Å². The van der Waals surface area contributed by atoms with Crippen LogP contribution in [0.2, 0.25) is 0 Å². The minimum absolute atomic E-state index is 0.0747. The van der Waals surface area contributed by atoms with Crippen LogP contribution in [0.4, 0.5) is 5.13 Å². The molecule has 4 nitrogen and oxygen atoms in total. The molecule has 1 amide bonds. The molecule has 2 unspecified atom stereocenters. The van der Waals surface area contributed by atoms with Gasteiger partial charge in [-0.25, -0.2) is 4.98 Å². The Labute approximate surface area is 156 Å². The summed E-state index contributed by atoms with van der Waals surface area (Å²) in [5.74, 6) is 2.80. The third-order valence-electron chi connectivity index (χ3n) is 4.89. The summed E-state index contributed by atoms with van der Waals surface area (Å²) in [6, 6.07) is 11.0. The molecule has 1 aliphatic heterocycles. The second kappa shape index (κ2) is 7.89. The molecule has 2 aliphatic rings. The van der Waals surface area contributed by atoms with Crippen molar-refractivity contribution < 1.29 is 4.79 Å². The summed E-state index contributed by atoms with van der Waals surface area (Å²) in [5, 5.41) is 7.20. The highest BCUT2D eigenvalue weighted by Crippen LogP contribution is 2.36. The van der Waals surface area contributed by atoms with E-state index in [1.807, 2.05) is 11.8 Å². The highest BCUT2D eigenvalue weighted by molar-refractivity contribution is 7.99. The predicted octanol–water partition coefficient (Wildman–Crippen LogP) is 3.45. The molecule has 2 heterocycles. The van der Waals surface area contributed by atoms with Crippen LogP contribution in [0.15, 0.2) is 30.3 Å². The van der Waals surface area contributed by atoms with Gasteiger partial charge in [0.05, 0.1) is 5.69 Å². The van der Waals surface area contributed by atoms with E-state index in [0.717, 1.165) is 42.4 Å². The molecule has 0 bridgehead atoms. The van der Waals surface area contributed by atoms with Gasteiger partial charge in [-0.3, -0.25) is 4.79 Å². The number of carbonyl (C=O) groups excluding carboxylic acids is 1. The summed E-state index contributed by atoms with van der Waals surface area (Å²) in [6.07, 6.45) is 3.71. The molecule has 1 fully saturated rings. The molecule has 132 valence electrons. The van der Waals surface area contributed by atoms with E-state index in [0.29, 0.717) is 12.3 Å². The number of aryl methyl sites for hydroxylation is 1. The third kappa shape index (κ3) is 4.25. The molecule has 0 saturated carbocycles. The molecular weight excluding hydrogens is 350 g/mol.